The van der Waals surface area contributed by atoms with Gasteiger partial charge < -0.3 is 9.84 Å². The number of aromatic nitrogens is 2. The fourth-order valence-corrected chi connectivity index (χ4v) is 7.15. The topological polar surface area (TPSA) is 88.1 Å². The third-order valence-corrected chi connectivity index (χ3v) is 9.07. The first-order valence-electron chi connectivity index (χ1n) is 12.9. The van der Waals surface area contributed by atoms with E-state index in [1.807, 2.05) is 13.0 Å². The first-order chi connectivity index (χ1) is 16.8. The lowest BCUT2D eigenvalue weighted by Crippen LogP contribution is -2.50. The number of fused-ring (bicyclic) bond motifs is 4. The van der Waals surface area contributed by atoms with E-state index in [1.165, 1.54) is 22.9 Å². The van der Waals surface area contributed by atoms with Crippen molar-refractivity contribution in [3.63, 3.8) is 0 Å². The van der Waals surface area contributed by atoms with Crippen LogP contribution in [0.15, 0.2) is 59.0 Å². The lowest BCUT2D eigenvalue weighted by atomic mass is 9.51. The fraction of sp³-hybridized carbons (Fsp3) is 0.552. The first kappa shape index (κ1) is 24.0. The third-order valence-electron chi connectivity index (χ3n) is 9.07. The van der Waals surface area contributed by atoms with Gasteiger partial charge in [0.1, 0.15) is 12.6 Å². The molecule has 4 atom stereocenters. The van der Waals surface area contributed by atoms with Crippen molar-refractivity contribution >= 4 is 5.78 Å². The van der Waals surface area contributed by atoms with E-state index in [4.69, 9.17) is 10.00 Å². The standard InChI is InChI=1S/C29H35N3O3/c1-4-29-13-12-28(34,19-35-5-2)14-21(29)6-7-22-23-8-9-25(27(23,3)11-10-24(22)29)26(33)18-32-17-20(15-30)16-31-32/h8-11,16-17,21,34H,4-7,12-14,18-19H2,1-3H3/t21-,27+,28-,29+/m1/s1. The lowest BCUT2D eigenvalue weighted by Gasteiger charge is -2.55. The molecule has 1 N–H and O–H groups in total. The largest absolute Gasteiger partial charge is 0.387 e. The number of nitriles is 1. The summed E-state index contributed by atoms with van der Waals surface area (Å²) in [6, 6.07) is 2.06. The molecule has 1 aromatic rings. The molecule has 1 heterocycles. The number of carbonyl (C=O) groups excluding carboxylic acids is 1. The summed E-state index contributed by atoms with van der Waals surface area (Å²) in [7, 11) is 0. The van der Waals surface area contributed by atoms with Crippen LogP contribution in [0.4, 0.5) is 0 Å². The number of allylic oxidation sites excluding steroid dienone is 8. The van der Waals surface area contributed by atoms with Gasteiger partial charge in [-0.3, -0.25) is 9.48 Å². The number of aliphatic hydroxyl groups is 1. The van der Waals surface area contributed by atoms with Gasteiger partial charge in [-0.25, -0.2) is 0 Å². The molecule has 4 aliphatic rings. The molecule has 4 aliphatic carbocycles. The number of carbonyl (C=O) groups is 1. The highest BCUT2D eigenvalue weighted by Crippen LogP contribution is 2.62. The minimum absolute atomic E-state index is 0.0255. The predicted molar refractivity (Wildman–Crippen MR) is 133 cm³/mol. The Labute approximate surface area is 207 Å². The zero-order chi connectivity index (χ0) is 24.8. The minimum Gasteiger partial charge on any atom is -0.387 e. The van der Waals surface area contributed by atoms with Crippen molar-refractivity contribution < 1.29 is 14.6 Å². The first-order valence-corrected chi connectivity index (χ1v) is 12.9. The van der Waals surface area contributed by atoms with E-state index < -0.39 is 11.0 Å². The number of hydrogen-bond donors (Lipinski definition) is 1. The molecule has 0 spiro atoms. The Morgan fingerprint density at radius 1 is 1.34 bits per heavy atom. The van der Waals surface area contributed by atoms with Crippen LogP contribution in [0.1, 0.15) is 64.9 Å². The van der Waals surface area contributed by atoms with Crippen LogP contribution in [0.3, 0.4) is 0 Å². The van der Waals surface area contributed by atoms with E-state index in [9.17, 15) is 9.90 Å². The number of ketones is 1. The summed E-state index contributed by atoms with van der Waals surface area (Å²) < 4.78 is 7.18. The van der Waals surface area contributed by atoms with Crippen LogP contribution < -0.4 is 0 Å². The van der Waals surface area contributed by atoms with Gasteiger partial charge in [-0.1, -0.05) is 31.2 Å². The summed E-state index contributed by atoms with van der Waals surface area (Å²) in [5, 5.41) is 24.4. The molecule has 35 heavy (non-hydrogen) atoms. The number of nitrogens with zero attached hydrogens (tertiary/aromatic N) is 3. The molecule has 1 saturated carbocycles. The molecule has 0 bridgehead atoms. The number of rotatable bonds is 7. The van der Waals surface area contributed by atoms with Gasteiger partial charge >= 0.3 is 0 Å². The Bertz CT molecular complexity index is 1210. The maximum atomic E-state index is 13.3. The van der Waals surface area contributed by atoms with Crippen LogP contribution in [-0.2, 0) is 16.1 Å². The van der Waals surface area contributed by atoms with E-state index in [2.05, 4.69) is 43.2 Å². The quantitative estimate of drug-likeness (QED) is 0.613. The molecule has 1 fully saturated rings. The van der Waals surface area contributed by atoms with E-state index in [1.54, 1.807) is 10.9 Å². The van der Waals surface area contributed by atoms with Crippen molar-refractivity contribution in [1.82, 2.24) is 9.78 Å². The normalized spacial score (nSPS) is 33.4. The highest BCUT2D eigenvalue weighted by atomic mass is 16.5. The predicted octanol–water partition coefficient (Wildman–Crippen LogP) is 4.82. The molecule has 0 amide bonds. The van der Waals surface area contributed by atoms with Crippen LogP contribution in [0.5, 0.6) is 0 Å². The maximum Gasteiger partial charge on any atom is 0.181 e. The molecule has 184 valence electrons. The van der Waals surface area contributed by atoms with Crippen molar-refractivity contribution in [1.29, 1.82) is 5.26 Å². The van der Waals surface area contributed by atoms with E-state index >= 15 is 0 Å². The van der Waals surface area contributed by atoms with Crippen LogP contribution in [-0.4, -0.2) is 39.5 Å². The van der Waals surface area contributed by atoms with Gasteiger partial charge in [0.2, 0.25) is 0 Å². The molecule has 6 nitrogen and oxygen atoms in total. The summed E-state index contributed by atoms with van der Waals surface area (Å²) in [5.41, 5.74) is 4.21. The molecule has 0 radical (unpaired) electrons. The molecular weight excluding hydrogens is 438 g/mol. The summed E-state index contributed by atoms with van der Waals surface area (Å²) in [4.78, 5) is 13.3. The monoisotopic (exact) mass is 473 g/mol. The molecule has 0 saturated heterocycles. The van der Waals surface area contributed by atoms with Gasteiger partial charge in [0, 0.05) is 23.8 Å². The zero-order valence-corrected chi connectivity index (χ0v) is 21.0. The summed E-state index contributed by atoms with van der Waals surface area (Å²) in [6.07, 6.45) is 17.3. The average Bonchev–Trinajstić information content (AvgIpc) is 3.46. The van der Waals surface area contributed by atoms with Crippen molar-refractivity contribution in [3.05, 3.63) is 64.6 Å². The second-order valence-electron chi connectivity index (χ2n) is 10.9. The molecule has 6 heteroatoms. The van der Waals surface area contributed by atoms with Gasteiger partial charge in [-0.15, -0.1) is 0 Å². The smallest absolute Gasteiger partial charge is 0.181 e. The number of ether oxygens (including phenoxy) is 1. The van der Waals surface area contributed by atoms with Crippen molar-refractivity contribution in [2.75, 3.05) is 13.2 Å². The SMILES string of the molecule is CCOC[C@@]1(O)CC[C@]2(CC)C3=C(CC[C@@H]2C1)C1=CC=C(C(=O)Cn2cc(C#N)cn2)[C@@]1(C)C=C3. The fourth-order valence-electron chi connectivity index (χ4n) is 7.15. The molecule has 1 aromatic heterocycles. The highest BCUT2D eigenvalue weighted by molar-refractivity contribution is 5.99. The van der Waals surface area contributed by atoms with Crippen molar-refractivity contribution in [2.24, 2.45) is 16.7 Å². The Kier molecular flexibility index (Phi) is 5.97. The van der Waals surface area contributed by atoms with Gasteiger partial charge in [-0.05, 0) is 80.4 Å². The summed E-state index contributed by atoms with van der Waals surface area (Å²) in [5.74, 6) is 0.460. The number of Topliss-reactive ketones (excluding diaryl/α,β-unsaturated/α-hetero) is 1. The Morgan fingerprint density at radius 3 is 2.89 bits per heavy atom. The summed E-state index contributed by atoms with van der Waals surface area (Å²) >= 11 is 0. The second-order valence-corrected chi connectivity index (χ2v) is 10.9. The lowest BCUT2D eigenvalue weighted by molar-refractivity contribution is -0.117. The van der Waals surface area contributed by atoms with Crippen LogP contribution >= 0.6 is 0 Å². The van der Waals surface area contributed by atoms with Gasteiger partial charge in [-0.2, -0.15) is 10.4 Å². The second kappa shape index (κ2) is 8.72. The Hall–Kier alpha value is -2.75. The van der Waals surface area contributed by atoms with Crippen LogP contribution in [0.25, 0.3) is 0 Å². The number of hydrogen-bond acceptors (Lipinski definition) is 5. The van der Waals surface area contributed by atoms with Crippen molar-refractivity contribution in [2.45, 2.75) is 71.4 Å². The molecule has 0 aliphatic heterocycles. The van der Waals surface area contributed by atoms with Crippen molar-refractivity contribution in [3.8, 4) is 6.07 Å². The average molecular weight is 474 g/mol. The van der Waals surface area contributed by atoms with Gasteiger partial charge in [0.25, 0.3) is 0 Å². The van der Waals surface area contributed by atoms with Crippen LogP contribution in [0, 0.1) is 28.1 Å². The van der Waals surface area contributed by atoms with E-state index in [-0.39, 0.29) is 17.7 Å². The van der Waals surface area contributed by atoms with Gasteiger partial charge in [0.05, 0.1) is 24.0 Å². The molecule has 5 rings (SSSR count). The van der Waals surface area contributed by atoms with Gasteiger partial charge in [0.15, 0.2) is 5.78 Å². The maximum absolute atomic E-state index is 13.3. The molecule has 0 unspecified atom stereocenters. The Balaban J connectivity index is 1.40. The molecular formula is C29H35N3O3. The molecule has 0 aromatic carbocycles. The van der Waals surface area contributed by atoms with Crippen LogP contribution in [0.2, 0.25) is 0 Å². The minimum atomic E-state index is -0.726. The highest BCUT2D eigenvalue weighted by Gasteiger charge is 2.53. The van der Waals surface area contributed by atoms with E-state index in [0.29, 0.717) is 24.7 Å². The third kappa shape index (κ3) is 3.77. The zero-order valence-electron chi connectivity index (χ0n) is 21.0. The Morgan fingerprint density at radius 2 is 2.17 bits per heavy atom. The van der Waals surface area contributed by atoms with E-state index in [0.717, 1.165) is 44.1 Å². The summed E-state index contributed by atoms with van der Waals surface area (Å²) in [6.45, 7) is 7.59.